The van der Waals surface area contributed by atoms with E-state index in [1.165, 1.54) is 19.2 Å². The first-order valence-corrected chi connectivity index (χ1v) is 6.68. The van der Waals surface area contributed by atoms with Crippen molar-refractivity contribution in [2.75, 3.05) is 25.5 Å². The molecule has 1 unspecified atom stereocenters. The minimum absolute atomic E-state index is 0.0969. The van der Waals surface area contributed by atoms with Crippen molar-refractivity contribution in [2.24, 2.45) is 5.92 Å². The van der Waals surface area contributed by atoms with E-state index in [9.17, 15) is 18.0 Å². The van der Waals surface area contributed by atoms with Gasteiger partial charge in [0.1, 0.15) is 5.75 Å². The minimum atomic E-state index is -4.55. The summed E-state index contributed by atoms with van der Waals surface area (Å²) in [5.41, 5.74) is -1.14. The quantitative estimate of drug-likeness (QED) is 0.902. The summed E-state index contributed by atoms with van der Waals surface area (Å²) < 4.78 is 43.9. The average molecular weight is 302 g/mol. The smallest absolute Gasteiger partial charge is 0.418 e. The van der Waals surface area contributed by atoms with Crippen LogP contribution in [0.5, 0.6) is 5.75 Å². The molecule has 0 aromatic heterocycles. The Morgan fingerprint density at radius 3 is 2.76 bits per heavy atom. The number of benzene rings is 1. The summed E-state index contributed by atoms with van der Waals surface area (Å²) in [6.45, 7) is 1.32. The zero-order valence-electron chi connectivity index (χ0n) is 11.6. The topological polar surface area (TPSA) is 50.4 Å². The predicted molar refractivity (Wildman–Crippen MR) is 72.2 cm³/mol. The number of alkyl halides is 3. The number of methoxy groups -OCH3 is 1. The third-order valence-electron chi connectivity index (χ3n) is 3.46. The Labute approximate surface area is 120 Å². The number of hydrogen-bond acceptors (Lipinski definition) is 3. The maximum absolute atomic E-state index is 13.0. The monoisotopic (exact) mass is 302 g/mol. The lowest BCUT2D eigenvalue weighted by Crippen LogP contribution is -2.37. The molecule has 1 atom stereocenters. The van der Waals surface area contributed by atoms with Gasteiger partial charge in [-0.1, -0.05) is 0 Å². The molecule has 2 rings (SSSR count). The van der Waals surface area contributed by atoms with E-state index in [1.54, 1.807) is 0 Å². The summed E-state index contributed by atoms with van der Waals surface area (Å²) in [4.78, 5) is 12.1. The molecule has 116 valence electrons. The largest absolute Gasteiger partial charge is 0.497 e. The Morgan fingerprint density at radius 2 is 2.19 bits per heavy atom. The summed E-state index contributed by atoms with van der Waals surface area (Å²) >= 11 is 0. The number of halogens is 3. The summed E-state index contributed by atoms with van der Waals surface area (Å²) in [7, 11) is 1.29. The van der Waals surface area contributed by atoms with Gasteiger partial charge in [-0.25, -0.2) is 0 Å². The Kier molecular flexibility index (Phi) is 4.72. The molecule has 0 spiro atoms. The van der Waals surface area contributed by atoms with Crippen LogP contribution in [-0.2, 0) is 11.0 Å². The fourth-order valence-corrected chi connectivity index (χ4v) is 2.30. The molecule has 0 radical (unpaired) electrons. The number of carbonyl (C=O) groups is 1. The van der Waals surface area contributed by atoms with Crippen LogP contribution >= 0.6 is 0 Å². The van der Waals surface area contributed by atoms with Crippen LogP contribution in [0.4, 0.5) is 18.9 Å². The highest BCUT2D eigenvalue weighted by Gasteiger charge is 2.35. The van der Waals surface area contributed by atoms with Gasteiger partial charge in [-0.15, -0.1) is 0 Å². The Bertz CT molecular complexity index is 511. The average Bonchev–Trinajstić information content (AvgIpc) is 2.47. The predicted octanol–water partition coefficient (Wildman–Crippen LogP) is 2.65. The molecule has 1 aliphatic rings. The third kappa shape index (κ3) is 3.87. The first kappa shape index (κ1) is 15.6. The van der Waals surface area contributed by atoms with Crippen LogP contribution in [0, 0.1) is 5.92 Å². The van der Waals surface area contributed by atoms with Gasteiger partial charge < -0.3 is 15.4 Å². The third-order valence-corrected chi connectivity index (χ3v) is 3.46. The molecule has 1 fully saturated rings. The second kappa shape index (κ2) is 6.34. The van der Waals surface area contributed by atoms with E-state index in [2.05, 4.69) is 10.6 Å². The molecule has 0 aliphatic carbocycles. The van der Waals surface area contributed by atoms with Crippen LogP contribution in [0.1, 0.15) is 18.4 Å². The molecular formula is C14H17F3N2O2. The molecule has 1 amide bonds. The van der Waals surface area contributed by atoms with Gasteiger partial charge in [-0.2, -0.15) is 13.2 Å². The lowest BCUT2D eigenvalue weighted by Gasteiger charge is -2.23. The van der Waals surface area contributed by atoms with Gasteiger partial charge in [-0.3, -0.25) is 4.79 Å². The molecule has 1 heterocycles. The van der Waals surface area contributed by atoms with Crippen molar-refractivity contribution < 1.29 is 22.7 Å². The number of ether oxygens (including phenoxy) is 1. The second-order valence-electron chi connectivity index (χ2n) is 4.94. The SMILES string of the molecule is COc1ccc(NC(=O)C2CCCNC2)c(C(F)(F)F)c1. The molecule has 4 nitrogen and oxygen atoms in total. The van der Waals surface area contributed by atoms with Crippen LogP contribution in [0.3, 0.4) is 0 Å². The number of piperidine rings is 1. The van der Waals surface area contributed by atoms with E-state index < -0.39 is 17.6 Å². The highest BCUT2D eigenvalue weighted by atomic mass is 19.4. The van der Waals surface area contributed by atoms with Crippen molar-refractivity contribution in [1.82, 2.24) is 5.32 Å². The van der Waals surface area contributed by atoms with Gasteiger partial charge in [0.2, 0.25) is 5.91 Å². The van der Waals surface area contributed by atoms with Crippen molar-refractivity contribution in [1.29, 1.82) is 0 Å². The zero-order valence-corrected chi connectivity index (χ0v) is 11.6. The Morgan fingerprint density at radius 1 is 1.43 bits per heavy atom. The molecule has 1 aromatic carbocycles. The number of anilines is 1. The minimum Gasteiger partial charge on any atom is -0.497 e. The number of hydrogen-bond donors (Lipinski definition) is 2. The van der Waals surface area contributed by atoms with Crippen LogP contribution in [-0.4, -0.2) is 26.1 Å². The Hall–Kier alpha value is -1.76. The second-order valence-corrected chi connectivity index (χ2v) is 4.94. The maximum Gasteiger partial charge on any atom is 0.418 e. The van der Waals surface area contributed by atoms with Gasteiger partial charge in [0.15, 0.2) is 0 Å². The fraction of sp³-hybridized carbons (Fsp3) is 0.500. The van der Waals surface area contributed by atoms with E-state index in [0.717, 1.165) is 19.0 Å². The molecule has 7 heteroatoms. The summed E-state index contributed by atoms with van der Waals surface area (Å²) in [6, 6.07) is 3.49. The van der Waals surface area contributed by atoms with Crippen molar-refractivity contribution in [3.63, 3.8) is 0 Å². The van der Waals surface area contributed by atoms with Gasteiger partial charge >= 0.3 is 6.18 Å². The van der Waals surface area contributed by atoms with E-state index >= 15 is 0 Å². The van der Waals surface area contributed by atoms with E-state index in [-0.39, 0.29) is 17.4 Å². The van der Waals surface area contributed by atoms with Crippen LogP contribution in [0.25, 0.3) is 0 Å². The molecule has 1 aromatic rings. The molecular weight excluding hydrogens is 285 g/mol. The molecule has 0 saturated carbocycles. The molecule has 21 heavy (non-hydrogen) atoms. The number of rotatable bonds is 3. The molecule has 2 N–H and O–H groups in total. The zero-order chi connectivity index (χ0) is 15.5. The van der Waals surface area contributed by atoms with Crippen molar-refractivity contribution in [3.05, 3.63) is 23.8 Å². The first-order chi connectivity index (χ1) is 9.91. The molecule has 1 saturated heterocycles. The van der Waals surface area contributed by atoms with E-state index in [1.807, 2.05) is 0 Å². The summed E-state index contributed by atoms with van der Waals surface area (Å²) in [5.74, 6) is -0.598. The molecule has 0 bridgehead atoms. The number of amides is 1. The highest BCUT2D eigenvalue weighted by Crippen LogP contribution is 2.37. The number of carbonyl (C=O) groups excluding carboxylic acids is 1. The normalized spacial score (nSPS) is 19.1. The van der Waals surface area contributed by atoms with Gasteiger partial charge in [0.25, 0.3) is 0 Å². The van der Waals surface area contributed by atoms with Gasteiger partial charge in [0.05, 0.1) is 24.3 Å². The van der Waals surface area contributed by atoms with Gasteiger partial charge in [0, 0.05) is 6.54 Å². The lowest BCUT2D eigenvalue weighted by atomic mass is 9.98. The van der Waals surface area contributed by atoms with E-state index in [4.69, 9.17) is 4.74 Å². The van der Waals surface area contributed by atoms with Crippen LogP contribution < -0.4 is 15.4 Å². The molecule has 1 aliphatic heterocycles. The van der Waals surface area contributed by atoms with Crippen LogP contribution in [0.15, 0.2) is 18.2 Å². The lowest BCUT2D eigenvalue weighted by molar-refractivity contribution is -0.137. The van der Waals surface area contributed by atoms with Crippen molar-refractivity contribution in [2.45, 2.75) is 19.0 Å². The van der Waals surface area contributed by atoms with E-state index in [0.29, 0.717) is 13.0 Å². The van der Waals surface area contributed by atoms with Gasteiger partial charge in [-0.05, 0) is 37.6 Å². The summed E-state index contributed by atoms with van der Waals surface area (Å²) in [6.07, 6.45) is -3.04. The first-order valence-electron chi connectivity index (χ1n) is 6.68. The Balaban J connectivity index is 2.20. The standard InChI is InChI=1S/C14H17F3N2O2/c1-21-10-4-5-12(11(7-10)14(15,16)17)19-13(20)9-3-2-6-18-8-9/h4-5,7,9,18H,2-3,6,8H2,1H3,(H,19,20). The maximum atomic E-state index is 13.0. The van der Waals surface area contributed by atoms with Crippen LogP contribution in [0.2, 0.25) is 0 Å². The fourth-order valence-electron chi connectivity index (χ4n) is 2.30. The highest BCUT2D eigenvalue weighted by molar-refractivity contribution is 5.93. The van der Waals surface area contributed by atoms with Crippen molar-refractivity contribution >= 4 is 11.6 Å². The summed E-state index contributed by atoms with van der Waals surface area (Å²) in [5, 5.41) is 5.45. The van der Waals surface area contributed by atoms with Crippen molar-refractivity contribution in [3.8, 4) is 5.75 Å². The number of nitrogens with one attached hydrogen (secondary N) is 2.